The monoisotopic (exact) mass is 339 g/mol. The van der Waals surface area contributed by atoms with Crippen LogP contribution in [0.25, 0.3) is 0 Å². The topological polar surface area (TPSA) is 52.7 Å². The summed E-state index contributed by atoms with van der Waals surface area (Å²) < 4.78 is 0. The lowest BCUT2D eigenvalue weighted by atomic mass is 9.90. The Balaban J connectivity index is 2.29. The molecule has 0 radical (unpaired) electrons. The first-order valence-corrected chi connectivity index (χ1v) is 9.35. The number of hydrogen-bond acceptors (Lipinski definition) is 3. The number of amides is 2. The molecular weight excluding hydrogens is 302 g/mol. The quantitative estimate of drug-likeness (QED) is 0.776. The number of nitrogens with one attached hydrogen (secondary N) is 1. The third kappa shape index (κ3) is 7.65. The van der Waals surface area contributed by atoms with E-state index < -0.39 is 0 Å². The molecule has 5 heteroatoms. The summed E-state index contributed by atoms with van der Waals surface area (Å²) in [7, 11) is 0. The first-order valence-electron chi connectivity index (χ1n) is 9.35. The summed E-state index contributed by atoms with van der Waals surface area (Å²) in [5, 5.41) is 3.42. The molecule has 1 heterocycles. The number of rotatable bonds is 7. The van der Waals surface area contributed by atoms with Gasteiger partial charge >= 0.3 is 0 Å². The average molecular weight is 340 g/mol. The van der Waals surface area contributed by atoms with Gasteiger partial charge < -0.3 is 15.1 Å². The Kier molecular flexibility index (Phi) is 7.71. The minimum atomic E-state index is 0.0818. The second-order valence-electron chi connectivity index (χ2n) is 8.74. The Morgan fingerprint density at radius 2 is 1.33 bits per heavy atom. The minimum absolute atomic E-state index is 0.0818. The molecule has 1 aliphatic heterocycles. The molecule has 0 aliphatic carbocycles. The van der Waals surface area contributed by atoms with Crippen molar-refractivity contribution >= 4 is 11.8 Å². The predicted octanol–water partition coefficient (Wildman–Crippen LogP) is 2.65. The van der Waals surface area contributed by atoms with Crippen molar-refractivity contribution in [2.75, 3.05) is 32.7 Å². The van der Waals surface area contributed by atoms with Crippen LogP contribution in [0.3, 0.4) is 0 Å². The van der Waals surface area contributed by atoms with Crippen molar-refractivity contribution in [3.05, 3.63) is 0 Å². The van der Waals surface area contributed by atoms with Gasteiger partial charge in [0.2, 0.25) is 11.8 Å². The largest absolute Gasteiger partial charge is 0.339 e. The van der Waals surface area contributed by atoms with E-state index in [4.69, 9.17) is 0 Å². The molecule has 1 fully saturated rings. The van der Waals surface area contributed by atoms with Crippen LogP contribution in [0.1, 0.15) is 67.2 Å². The van der Waals surface area contributed by atoms with Gasteiger partial charge in [-0.25, -0.2) is 0 Å². The maximum Gasteiger partial charge on any atom is 0.223 e. The van der Waals surface area contributed by atoms with Crippen molar-refractivity contribution in [1.82, 2.24) is 15.1 Å². The Morgan fingerprint density at radius 3 is 1.75 bits per heavy atom. The fourth-order valence-electron chi connectivity index (χ4n) is 2.64. The first kappa shape index (κ1) is 20.9. The standard InChI is InChI=1S/C19H37N3O2/c1-7-19(5,6)20-11-9-17(24)22-14-12-21(13-15-22)16(23)8-10-18(2,3)4/h20H,7-15H2,1-6H3. The van der Waals surface area contributed by atoms with Crippen molar-refractivity contribution in [3.63, 3.8) is 0 Å². The maximum atomic E-state index is 12.3. The van der Waals surface area contributed by atoms with Crippen LogP contribution < -0.4 is 5.32 Å². The van der Waals surface area contributed by atoms with E-state index in [2.05, 4.69) is 46.9 Å². The lowest BCUT2D eigenvalue weighted by Crippen LogP contribution is -2.51. The second kappa shape index (κ2) is 8.84. The van der Waals surface area contributed by atoms with Crippen LogP contribution in [0.2, 0.25) is 0 Å². The summed E-state index contributed by atoms with van der Waals surface area (Å²) in [6.45, 7) is 16.3. The zero-order valence-electron chi connectivity index (χ0n) is 16.6. The molecule has 0 saturated carbocycles. The number of hydrogen-bond donors (Lipinski definition) is 1. The molecule has 1 N–H and O–H groups in total. The normalized spacial score (nSPS) is 16.4. The van der Waals surface area contributed by atoms with E-state index in [1.165, 1.54) is 0 Å². The fraction of sp³-hybridized carbons (Fsp3) is 0.895. The average Bonchev–Trinajstić information content (AvgIpc) is 2.51. The summed E-state index contributed by atoms with van der Waals surface area (Å²) in [5.74, 6) is 0.416. The highest BCUT2D eigenvalue weighted by molar-refractivity contribution is 5.78. The van der Waals surface area contributed by atoms with Crippen molar-refractivity contribution in [2.24, 2.45) is 5.41 Å². The van der Waals surface area contributed by atoms with Crippen LogP contribution in [-0.4, -0.2) is 59.9 Å². The predicted molar refractivity (Wildman–Crippen MR) is 98.8 cm³/mol. The van der Waals surface area contributed by atoms with Gasteiger partial charge in [0.15, 0.2) is 0 Å². The zero-order valence-corrected chi connectivity index (χ0v) is 16.6. The molecule has 5 nitrogen and oxygen atoms in total. The van der Waals surface area contributed by atoms with Gasteiger partial charge in [0.05, 0.1) is 0 Å². The van der Waals surface area contributed by atoms with E-state index in [-0.39, 0.29) is 22.8 Å². The highest BCUT2D eigenvalue weighted by atomic mass is 16.2. The van der Waals surface area contributed by atoms with Gasteiger partial charge in [0.1, 0.15) is 0 Å². The molecule has 0 aromatic carbocycles. The molecular formula is C19H37N3O2. The smallest absolute Gasteiger partial charge is 0.223 e. The van der Waals surface area contributed by atoms with Gasteiger partial charge in [0, 0.05) is 51.1 Å². The van der Waals surface area contributed by atoms with E-state index in [0.29, 0.717) is 45.6 Å². The number of nitrogens with zero attached hydrogens (tertiary/aromatic N) is 2. The van der Waals surface area contributed by atoms with Gasteiger partial charge in [-0.2, -0.15) is 0 Å². The molecule has 24 heavy (non-hydrogen) atoms. The Hall–Kier alpha value is -1.10. The molecule has 0 aromatic rings. The van der Waals surface area contributed by atoms with Crippen LogP contribution in [0.4, 0.5) is 0 Å². The Morgan fingerprint density at radius 1 is 0.875 bits per heavy atom. The van der Waals surface area contributed by atoms with E-state index in [1.54, 1.807) is 0 Å². The molecule has 0 aromatic heterocycles. The van der Waals surface area contributed by atoms with Crippen molar-refractivity contribution in [1.29, 1.82) is 0 Å². The minimum Gasteiger partial charge on any atom is -0.339 e. The van der Waals surface area contributed by atoms with Crippen molar-refractivity contribution in [3.8, 4) is 0 Å². The van der Waals surface area contributed by atoms with Crippen LogP contribution in [0.5, 0.6) is 0 Å². The van der Waals surface area contributed by atoms with E-state index in [0.717, 1.165) is 12.8 Å². The molecule has 0 atom stereocenters. The van der Waals surface area contributed by atoms with Crippen LogP contribution in [0, 0.1) is 5.41 Å². The number of piperazine rings is 1. The number of carbonyl (C=O) groups excluding carboxylic acids is 2. The third-order valence-electron chi connectivity index (χ3n) is 4.90. The second-order valence-corrected chi connectivity index (χ2v) is 8.74. The summed E-state index contributed by atoms with van der Waals surface area (Å²) >= 11 is 0. The summed E-state index contributed by atoms with van der Waals surface area (Å²) in [6.07, 6.45) is 3.08. The molecule has 0 bridgehead atoms. The van der Waals surface area contributed by atoms with Gasteiger partial charge in [-0.15, -0.1) is 0 Å². The lowest BCUT2D eigenvalue weighted by Gasteiger charge is -2.35. The first-order chi connectivity index (χ1) is 11.0. The SMILES string of the molecule is CCC(C)(C)NCCC(=O)N1CCN(C(=O)CCC(C)(C)C)CC1. The molecule has 1 saturated heterocycles. The van der Waals surface area contributed by atoms with Gasteiger partial charge in [-0.05, 0) is 32.1 Å². The summed E-state index contributed by atoms with van der Waals surface area (Å²) in [4.78, 5) is 28.3. The number of carbonyl (C=O) groups is 2. The van der Waals surface area contributed by atoms with E-state index >= 15 is 0 Å². The molecule has 1 aliphatic rings. The highest BCUT2D eigenvalue weighted by Gasteiger charge is 2.25. The van der Waals surface area contributed by atoms with Gasteiger partial charge in [0.25, 0.3) is 0 Å². The van der Waals surface area contributed by atoms with Crippen LogP contribution in [-0.2, 0) is 9.59 Å². The fourth-order valence-corrected chi connectivity index (χ4v) is 2.64. The third-order valence-corrected chi connectivity index (χ3v) is 4.90. The van der Waals surface area contributed by atoms with Gasteiger partial charge in [-0.1, -0.05) is 27.7 Å². The van der Waals surface area contributed by atoms with Crippen LogP contribution >= 0.6 is 0 Å². The lowest BCUT2D eigenvalue weighted by molar-refractivity contribution is -0.139. The van der Waals surface area contributed by atoms with Crippen molar-refractivity contribution in [2.45, 2.75) is 72.8 Å². The molecule has 140 valence electrons. The van der Waals surface area contributed by atoms with Crippen molar-refractivity contribution < 1.29 is 9.59 Å². The molecule has 1 rings (SSSR count). The van der Waals surface area contributed by atoms with E-state index in [9.17, 15) is 9.59 Å². The molecule has 0 unspecified atom stereocenters. The summed E-state index contributed by atoms with van der Waals surface area (Å²) in [6, 6.07) is 0. The maximum absolute atomic E-state index is 12.3. The highest BCUT2D eigenvalue weighted by Crippen LogP contribution is 2.21. The molecule has 0 spiro atoms. The Labute approximate surface area is 148 Å². The Bertz CT molecular complexity index is 419. The molecule has 2 amide bonds. The van der Waals surface area contributed by atoms with Crippen LogP contribution in [0.15, 0.2) is 0 Å². The zero-order chi connectivity index (χ0) is 18.4. The summed E-state index contributed by atoms with van der Waals surface area (Å²) in [5.41, 5.74) is 0.269. The van der Waals surface area contributed by atoms with Gasteiger partial charge in [-0.3, -0.25) is 9.59 Å². The van der Waals surface area contributed by atoms with E-state index in [1.807, 2.05) is 9.80 Å².